The maximum Gasteiger partial charge on any atom is 0.247 e. The zero-order valence-electron chi connectivity index (χ0n) is 22.1. The van der Waals surface area contributed by atoms with Crippen molar-refractivity contribution in [2.75, 3.05) is 39.9 Å². The Bertz CT molecular complexity index is 1130. The van der Waals surface area contributed by atoms with E-state index in [0.29, 0.717) is 25.9 Å². The van der Waals surface area contributed by atoms with E-state index < -0.39 is 29.5 Å². The Balaban J connectivity index is 1.55. The summed E-state index contributed by atoms with van der Waals surface area (Å²) in [5.41, 5.74) is 5.68. The van der Waals surface area contributed by atoms with E-state index in [4.69, 9.17) is 10.5 Å². The molecule has 2 heterocycles. The molecule has 2 aromatic rings. The quantitative estimate of drug-likeness (QED) is 0.455. The van der Waals surface area contributed by atoms with Crippen LogP contribution in [0.25, 0.3) is 0 Å². The number of likely N-dealkylation sites (N-methyl/N-ethyl adjacent to an activating group) is 1. The van der Waals surface area contributed by atoms with Crippen molar-refractivity contribution < 1.29 is 24.2 Å². The fourth-order valence-corrected chi connectivity index (χ4v) is 5.56. The zero-order valence-corrected chi connectivity index (χ0v) is 22.1. The molecule has 0 aromatic heterocycles. The normalized spacial score (nSPS) is 23.8. The molecule has 2 saturated heterocycles. The summed E-state index contributed by atoms with van der Waals surface area (Å²) in [6.45, 7) is 2.36. The molecule has 0 saturated carbocycles. The Hall–Kier alpha value is -3.27. The number of benzene rings is 2. The lowest BCUT2D eigenvalue weighted by Crippen LogP contribution is -2.62. The van der Waals surface area contributed by atoms with Crippen molar-refractivity contribution in [2.24, 2.45) is 11.1 Å². The lowest BCUT2D eigenvalue weighted by Gasteiger charge is -2.43. The van der Waals surface area contributed by atoms with Crippen LogP contribution < -0.4 is 11.1 Å². The lowest BCUT2D eigenvalue weighted by atomic mass is 9.69. The van der Waals surface area contributed by atoms with Crippen LogP contribution in [0.5, 0.6) is 0 Å². The van der Waals surface area contributed by atoms with Crippen LogP contribution in [-0.2, 0) is 25.7 Å². The van der Waals surface area contributed by atoms with E-state index in [2.05, 4.69) is 5.32 Å². The van der Waals surface area contributed by atoms with Crippen molar-refractivity contribution in [3.05, 3.63) is 71.8 Å². The van der Waals surface area contributed by atoms with Gasteiger partial charge in [-0.15, -0.1) is 0 Å². The number of amides is 3. The standard InChI is InChI=1S/C29H38N4O5/c1-28(30,20-34)26(36)31-24(18-38-17-21-10-5-3-6-11-21)25(35)33-15-9-14-29(19-33)23(16-32(2)27(29)37)22-12-7-4-8-13-22/h3-8,10-13,23-24,34H,9,14-20,30H2,1-2H3,(H,31,36)/t23?,24-,28-,29?/m1/s1. The highest BCUT2D eigenvalue weighted by Crippen LogP contribution is 2.49. The van der Waals surface area contributed by atoms with Crippen LogP contribution in [-0.4, -0.2) is 84.1 Å². The minimum Gasteiger partial charge on any atom is -0.394 e. The number of hydrogen-bond acceptors (Lipinski definition) is 6. The van der Waals surface area contributed by atoms with Crippen LogP contribution in [0.1, 0.15) is 36.8 Å². The Morgan fingerprint density at radius 3 is 2.50 bits per heavy atom. The van der Waals surface area contributed by atoms with E-state index in [1.165, 1.54) is 6.92 Å². The molecule has 2 aromatic carbocycles. The van der Waals surface area contributed by atoms with Gasteiger partial charge in [0.05, 0.1) is 25.2 Å². The van der Waals surface area contributed by atoms with Gasteiger partial charge in [-0.2, -0.15) is 0 Å². The minimum atomic E-state index is -1.55. The number of piperidine rings is 1. The first-order chi connectivity index (χ1) is 18.2. The maximum atomic E-state index is 13.9. The van der Waals surface area contributed by atoms with Crippen LogP contribution >= 0.6 is 0 Å². The van der Waals surface area contributed by atoms with E-state index in [1.807, 2.05) is 67.7 Å². The van der Waals surface area contributed by atoms with Crippen LogP contribution in [0.15, 0.2) is 60.7 Å². The Morgan fingerprint density at radius 2 is 1.84 bits per heavy atom. The molecule has 38 heavy (non-hydrogen) atoms. The Morgan fingerprint density at radius 1 is 1.18 bits per heavy atom. The second kappa shape index (κ2) is 11.6. The fourth-order valence-electron chi connectivity index (χ4n) is 5.56. The highest BCUT2D eigenvalue weighted by atomic mass is 16.5. The number of nitrogens with two attached hydrogens (primary N) is 1. The summed E-state index contributed by atoms with van der Waals surface area (Å²) in [7, 11) is 1.81. The molecule has 0 radical (unpaired) electrons. The van der Waals surface area contributed by atoms with Gasteiger partial charge in [-0.1, -0.05) is 60.7 Å². The first-order valence-corrected chi connectivity index (χ1v) is 13.1. The van der Waals surface area contributed by atoms with E-state index in [-0.39, 0.29) is 37.5 Å². The first-order valence-electron chi connectivity index (χ1n) is 13.1. The molecule has 204 valence electrons. The van der Waals surface area contributed by atoms with Gasteiger partial charge >= 0.3 is 0 Å². The summed E-state index contributed by atoms with van der Waals surface area (Å²) in [5, 5.41) is 12.3. The summed E-state index contributed by atoms with van der Waals surface area (Å²) < 4.78 is 5.85. The highest BCUT2D eigenvalue weighted by molar-refractivity contribution is 5.93. The molecule has 1 spiro atoms. The molecule has 2 unspecified atom stereocenters. The third-order valence-corrected chi connectivity index (χ3v) is 7.78. The lowest BCUT2D eigenvalue weighted by molar-refractivity contribution is -0.147. The molecule has 9 nitrogen and oxygen atoms in total. The second-order valence-electron chi connectivity index (χ2n) is 10.8. The average Bonchev–Trinajstić information content (AvgIpc) is 3.17. The maximum absolute atomic E-state index is 13.9. The molecule has 4 N–H and O–H groups in total. The fraction of sp³-hybridized carbons (Fsp3) is 0.483. The smallest absolute Gasteiger partial charge is 0.247 e. The van der Waals surface area contributed by atoms with Crippen molar-refractivity contribution in [1.82, 2.24) is 15.1 Å². The van der Waals surface area contributed by atoms with Gasteiger partial charge < -0.3 is 30.7 Å². The first kappa shape index (κ1) is 27.8. The number of aliphatic hydroxyl groups is 1. The van der Waals surface area contributed by atoms with Crippen molar-refractivity contribution in [2.45, 2.75) is 43.9 Å². The van der Waals surface area contributed by atoms with E-state index in [0.717, 1.165) is 11.1 Å². The Kier molecular flexibility index (Phi) is 8.50. The average molecular weight is 523 g/mol. The summed E-state index contributed by atoms with van der Waals surface area (Å²) in [4.78, 5) is 43.7. The van der Waals surface area contributed by atoms with Crippen LogP contribution in [0.4, 0.5) is 0 Å². The van der Waals surface area contributed by atoms with E-state index in [1.54, 1.807) is 9.80 Å². The number of carbonyl (C=O) groups is 3. The number of ether oxygens (including phenoxy) is 1. The second-order valence-corrected chi connectivity index (χ2v) is 10.8. The van der Waals surface area contributed by atoms with Gasteiger partial charge in [0.2, 0.25) is 17.7 Å². The van der Waals surface area contributed by atoms with Gasteiger partial charge in [0, 0.05) is 32.6 Å². The number of hydrogen-bond donors (Lipinski definition) is 3. The van der Waals surface area contributed by atoms with Gasteiger partial charge in [0.15, 0.2) is 0 Å². The largest absolute Gasteiger partial charge is 0.394 e. The number of likely N-dealkylation sites (tertiary alicyclic amines) is 2. The Labute approximate surface area is 223 Å². The van der Waals surface area contributed by atoms with E-state index >= 15 is 0 Å². The van der Waals surface area contributed by atoms with Crippen molar-refractivity contribution in [1.29, 1.82) is 0 Å². The van der Waals surface area contributed by atoms with E-state index in [9.17, 15) is 19.5 Å². The summed E-state index contributed by atoms with van der Waals surface area (Å²) in [6, 6.07) is 18.5. The summed E-state index contributed by atoms with van der Waals surface area (Å²) in [6.07, 6.45) is 1.36. The molecule has 4 rings (SSSR count). The highest BCUT2D eigenvalue weighted by Gasteiger charge is 2.55. The molecule has 0 bridgehead atoms. The molecule has 9 heteroatoms. The summed E-state index contributed by atoms with van der Waals surface area (Å²) >= 11 is 0. The topological polar surface area (TPSA) is 125 Å². The van der Waals surface area contributed by atoms with Crippen LogP contribution in [0.2, 0.25) is 0 Å². The van der Waals surface area contributed by atoms with Crippen LogP contribution in [0, 0.1) is 5.41 Å². The van der Waals surface area contributed by atoms with Gasteiger partial charge in [-0.05, 0) is 30.9 Å². The number of nitrogens with zero attached hydrogens (tertiary/aromatic N) is 2. The molecule has 2 aliphatic heterocycles. The molecule has 2 fully saturated rings. The monoisotopic (exact) mass is 522 g/mol. The third-order valence-electron chi connectivity index (χ3n) is 7.78. The number of rotatable bonds is 9. The molecular formula is C29H38N4O5. The molecule has 2 aliphatic rings. The molecule has 3 amide bonds. The van der Waals surface area contributed by atoms with Crippen molar-refractivity contribution in [3.63, 3.8) is 0 Å². The number of nitrogens with one attached hydrogen (secondary N) is 1. The van der Waals surface area contributed by atoms with Crippen LogP contribution in [0.3, 0.4) is 0 Å². The summed E-state index contributed by atoms with van der Waals surface area (Å²) in [5.74, 6) is -0.971. The van der Waals surface area contributed by atoms with Gasteiger partial charge in [0.25, 0.3) is 0 Å². The van der Waals surface area contributed by atoms with Crippen molar-refractivity contribution in [3.8, 4) is 0 Å². The van der Waals surface area contributed by atoms with Crippen molar-refractivity contribution >= 4 is 17.7 Å². The number of carbonyl (C=O) groups excluding carboxylic acids is 3. The SMILES string of the molecule is CN1CC(c2ccccc2)C2(CCCN(C(=O)[C@@H](COCc3ccccc3)NC(=O)[C@](C)(N)CO)C2)C1=O. The van der Waals surface area contributed by atoms with Gasteiger partial charge in [-0.3, -0.25) is 14.4 Å². The number of aliphatic hydroxyl groups excluding tert-OH is 1. The minimum absolute atomic E-state index is 0.0408. The zero-order chi connectivity index (χ0) is 27.3. The molecular weight excluding hydrogens is 484 g/mol. The van der Waals surface area contributed by atoms with Gasteiger partial charge in [-0.25, -0.2) is 0 Å². The predicted molar refractivity (Wildman–Crippen MR) is 143 cm³/mol. The van der Waals surface area contributed by atoms with Gasteiger partial charge in [0.1, 0.15) is 11.6 Å². The molecule has 0 aliphatic carbocycles. The molecule has 4 atom stereocenters. The third kappa shape index (κ3) is 5.75. The predicted octanol–water partition coefficient (Wildman–Crippen LogP) is 1.26.